The van der Waals surface area contributed by atoms with Crippen LogP contribution in [-0.2, 0) is 9.47 Å². The number of hydrogen-bond acceptors (Lipinski definition) is 4. The predicted octanol–water partition coefficient (Wildman–Crippen LogP) is 1.00. The lowest BCUT2D eigenvalue weighted by Gasteiger charge is -2.27. The number of aliphatic hydroxyl groups is 1. The lowest BCUT2D eigenvalue weighted by Crippen LogP contribution is -2.41. The van der Waals surface area contributed by atoms with Crippen molar-refractivity contribution in [1.82, 2.24) is 4.90 Å². The fraction of sp³-hybridized carbons (Fsp3) is 0.909. The zero-order chi connectivity index (χ0) is 12.3. The summed E-state index contributed by atoms with van der Waals surface area (Å²) in [7, 11) is 1.61. The van der Waals surface area contributed by atoms with Crippen LogP contribution >= 0.6 is 0 Å². The number of rotatable bonds is 2. The summed E-state index contributed by atoms with van der Waals surface area (Å²) in [4.78, 5) is 13.4. The van der Waals surface area contributed by atoms with Crippen molar-refractivity contribution in [2.75, 3.05) is 20.3 Å². The zero-order valence-electron chi connectivity index (χ0n) is 10.4. The molecule has 0 aliphatic carbocycles. The van der Waals surface area contributed by atoms with Gasteiger partial charge in [0.1, 0.15) is 5.60 Å². The number of hydrogen-bond donors (Lipinski definition) is 1. The SMILES string of the molecule is CO[C@H]1C[C@@H](CO)N(C(=O)OC(C)(C)C)C1. The normalized spacial score (nSPS) is 25.9. The smallest absolute Gasteiger partial charge is 0.410 e. The van der Waals surface area contributed by atoms with Gasteiger partial charge < -0.3 is 19.5 Å². The summed E-state index contributed by atoms with van der Waals surface area (Å²) in [6, 6.07) is -0.195. The molecule has 0 bridgehead atoms. The third kappa shape index (κ3) is 3.35. The van der Waals surface area contributed by atoms with E-state index in [4.69, 9.17) is 9.47 Å². The maximum absolute atomic E-state index is 11.8. The standard InChI is InChI=1S/C11H21NO4/c1-11(2,3)16-10(14)12-6-9(15-4)5-8(12)7-13/h8-9,13H,5-7H2,1-4H3/t8-,9-/m0/s1. The van der Waals surface area contributed by atoms with Gasteiger partial charge in [0.25, 0.3) is 0 Å². The molecule has 94 valence electrons. The van der Waals surface area contributed by atoms with E-state index >= 15 is 0 Å². The quantitative estimate of drug-likeness (QED) is 0.770. The van der Waals surface area contributed by atoms with Crippen LogP contribution in [0, 0.1) is 0 Å². The van der Waals surface area contributed by atoms with Crippen LogP contribution in [0.1, 0.15) is 27.2 Å². The maximum Gasteiger partial charge on any atom is 0.410 e. The van der Waals surface area contributed by atoms with Crippen LogP contribution in [0.15, 0.2) is 0 Å². The first-order valence-electron chi connectivity index (χ1n) is 5.50. The Labute approximate surface area is 96.3 Å². The van der Waals surface area contributed by atoms with E-state index in [-0.39, 0.29) is 24.8 Å². The number of carbonyl (C=O) groups is 1. The molecule has 0 aromatic heterocycles. The molecule has 0 saturated carbocycles. The van der Waals surface area contributed by atoms with Gasteiger partial charge in [-0.3, -0.25) is 0 Å². The Morgan fingerprint density at radius 1 is 1.50 bits per heavy atom. The van der Waals surface area contributed by atoms with Gasteiger partial charge in [-0.05, 0) is 27.2 Å². The maximum atomic E-state index is 11.8. The molecule has 16 heavy (non-hydrogen) atoms. The number of ether oxygens (including phenoxy) is 2. The first-order valence-corrected chi connectivity index (χ1v) is 5.50. The molecule has 5 heteroatoms. The van der Waals surface area contributed by atoms with Crippen LogP contribution in [0.3, 0.4) is 0 Å². The lowest BCUT2D eigenvalue weighted by atomic mass is 10.2. The molecule has 1 heterocycles. The highest BCUT2D eigenvalue weighted by Crippen LogP contribution is 2.22. The fourth-order valence-electron chi connectivity index (χ4n) is 1.76. The molecule has 2 atom stereocenters. The number of methoxy groups -OCH3 is 1. The highest BCUT2D eigenvalue weighted by molar-refractivity contribution is 5.69. The predicted molar refractivity (Wildman–Crippen MR) is 59.2 cm³/mol. The fourth-order valence-corrected chi connectivity index (χ4v) is 1.76. The number of aliphatic hydroxyl groups excluding tert-OH is 1. The third-order valence-corrected chi connectivity index (χ3v) is 2.55. The van der Waals surface area contributed by atoms with Gasteiger partial charge in [-0.25, -0.2) is 4.79 Å². The Morgan fingerprint density at radius 3 is 2.56 bits per heavy atom. The van der Waals surface area contributed by atoms with E-state index in [2.05, 4.69) is 0 Å². The minimum absolute atomic E-state index is 0.00957. The van der Waals surface area contributed by atoms with Crippen molar-refractivity contribution in [1.29, 1.82) is 0 Å². The van der Waals surface area contributed by atoms with Crippen molar-refractivity contribution in [2.24, 2.45) is 0 Å². The lowest BCUT2D eigenvalue weighted by molar-refractivity contribution is 0.0154. The number of amides is 1. The highest BCUT2D eigenvalue weighted by Gasteiger charge is 2.37. The van der Waals surface area contributed by atoms with Crippen LogP contribution in [-0.4, -0.2) is 54.1 Å². The van der Waals surface area contributed by atoms with E-state index in [0.717, 1.165) is 0 Å². The second-order valence-electron chi connectivity index (χ2n) is 5.06. The second-order valence-corrected chi connectivity index (χ2v) is 5.06. The number of carbonyl (C=O) groups excluding carboxylic acids is 1. The van der Waals surface area contributed by atoms with E-state index in [1.807, 2.05) is 20.8 Å². The summed E-state index contributed by atoms with van der Waals surface area (Å²) in [5.41, 5.74) is -0.512. The Bertz CT molecular complexity index is 249. The van der Waals surface area contributed by atoms with Crippen molar-refractivity contribution >= 4 is 6.09 Å². The topological polar surface area (TPSA) is 59.0 Å². The minimum Gasteiger partial charge on any atom is -0.444 e. The van der Waals surface area contributed by atoms with E-state index in [1.54, 1.807) is 12.0 Å². The molecule has 1 saturated heterocycles. The van der Waals surface area contributed by atoms with Gasteiger partial charge in [-0.1, -0.05) is 0 Å². The van der Waals surface area contributed by atoms with E-state index in [0.29, 0.717) is 13.0 Å². The summed E-state index contributed by atoms with van der Waals surface area (Å²) in [6.07, 6.45) is 0.266. The molecule has 0 aromatic carbocycles. The minimum atomic E-state index is -0.512. The van der Waals surface area contributed by atoms with Gasteiger partial charge in [0.2, 0.25) is 0 Å². The van der Waals surface area contributed by atoms with Crippen molar-refractivity contribution in [3.8, 4) is 0 Å². The number of nitrogens with zero attached hydrogens (tertiary/aromatic N) is 1. The monoisotopic (exact) mass is 231 g/mol. The van der Waals surface area contributed by atoms with Crippen LogP contribution in [0.4, 0.5) is 4.79 Å². The van der Waals surface area contributed by atoms with Gasteiger partial charge >= 0.3 is 6.09 Å². The molecule has 0 radical (unpaired) electrons. The first kappa shape index (κ1) is 13.3. The van der Waals surface area contributed by atoms with Crippen LogP contribution in [0.2, 0.25) is 0 Å². The molecule has 1 N–H and O–H groups in total. The summed E-state index contributed by atoms with van der Waals surface area (Å²) in [6.45, 7) is 5.89. The molecule has 0 unspecified atom stereocenters. The van der Waals surface area contributed by atoms with Crippen molar-refractivity contribution in [3.05, 3.63) is 0 Å². The van der Waals surface area contributed by atoms with Gasteiger partial charge in [0, 0.05) is 7.11 Å². The Hall–Kier alpha value is -0.810. The Kier molecular flexibility index (Phi) is 4.15. The van der Waals surface area contributed by atoms with E-state index in [9.17, 15) is 9.90 Å². The van der Waals surface area contributed by atoms with E-state index < -0.39 is 5.60 Å². The van der Waals surface area contributed by atoms with Gasteiger partial charge in [0.15, 0.2) is 0 Å². The first-order chi connectivity index (χ1) is 7.37. The van der Waals surface area contributed by atoms with Crippen LogP contribution < -0.4 is 0 Å². The molecule has 1 rings (SSSR count). The molecular formula is C11H21NO4. The molecule has 1 aliphatic rings. The average molecular weight is 231 g/mol. The van der Waals surface area contributed by atoms with Gasteiger partial charge in [-0.15, -0.1) is 0 Å². The molecule has 0 aromatic rings. The molecule has 5 nitrogen and oxygen atoms in total. The summed E-state index contributed by atoms with van der Waals surface area (Å²) >= 11 is 0. The van der Waals surface area contributed by atoms with Crippen molar-refractivity contribution in [2.45, 2.75) is 44.9 Å². The van der Waals surface area contributed by atoms with Crippen molar-refractivity contribution < 1.29 is 19.4 Å². The van der Waals surface area contributed by atoms with Gasteiger partial charge in [-0.2, -0.15) is 0 Å². The molecule has 0 spiro atoms. The van der Waals surface area contributed by atoms with Crippen LogP contribution in [0.5, 0.6) is 0 Å². The second kappa shape index (κ2) is 5.01. The number of likely N-dealkylation sites (tertiary alicyclic amines) is 1. The largest absolute Gasteiger partial charge is 0.444 e. The van der Waals surface area contributed by atoms with Crippen molar-refractivity contribution in [3.63, 3.8) is 0 Å². The molecular weight excluding hydrogens is 210 g/mol. The van der Waals surface area contributed by atoms with E-state index in [1.165, 1.54) is 0 Å². The van der Waals surface area contributed by atoms with Crippen LogP contribution in [0.25, 0.3) is 0 Å². The molecule has 1 fully saturated rings. The summed E-state index contributed by atoms with van der Waals surface area (Å²) in [5, 5.41) is 9.19. The van der Waals surface area contributed by atoms with Gasteiger partial charge in [0.05, 0.1) is 25.3 Å². The third-order valence-electron chi connectivity index (χ3n) is 2.55. The highest BCUT2D eigenvalue weighted by atomic mass is 16.6. The Balaban J connectivity index is 2.61. The molecule has 1 amide bonds. The average Bonchev–Trinajstić information content (AvgIpc) is 2.58. The Morgan fingerprint density at radius 2 is 2.12 bits per heavy atom. The summed E-state index contributed by atoms with van der Waals surface area (Å²) in [5.74, 6) is 0. The zero-order valence-corrected chi connectivity index (χ0v) is 10.4. The summed E-state index contributed by atoms with van der Waals surface area (Å²) < 4.78 is 10.5. The molecule has 1 aliphatic heterocycles.